The summed E-state index contributed by atoms with van der Waals surface area (Å²) in [4.78, 5) is 4.04. The number of hydrogen-bond acceptors (Lipinski definition) is 4. The maximum Gasteiger partial charge on any atom is 0.279 e. The molecule has 1 aromatic heterocycles. The van der Waals surface area contributed by atoms with Crippen molar-refractivity contribution in [2.45, 2.75) is 33.4 Å². The van der Waals surface area contributed by atoms with E-state index in [-0.39, 0.29) is 12.6 Å². The molecule has 0 amide bonds. The lowest BCUT2D eigenvalue weighted by molar-refractivity contribution is 0.441. The fourth-order valence-electron chi connectivity index (χ4n) is 1.13. The Balaban J connectivity index is 2.68. The van der Waals surface area contributed by atoms with E-state index in [2.05, 4.69) is 19.9 Å². The van der Waals surface area contributed by atoms with Gasteiger partial charge in [0.25, 0.3) is 10.2 Å². The molecule has 1 heterocycles. The van der Waals surface area contributed by atoms with Crippen molar-refractivity contribution in [3.63, 3.8) is 0 Å². The normalized spacial score (nSPS) is 12.6. The van der Waals surface area contributed by atoms with E-state index in [0.29, 0.717) is 11.6 Å². The van der Waals surface area contributed by atoms with Gasteiger partial charge in [-0.05, 0) is 20.8 Å². The summed E-state index contributed by atoms with van der Waals surface area (Å²) in [6.45, 7) is 5.44. The predicted molar refractivity (Wildman–Crippen MR) is 59.8 cm³/mol. The monoisotopic (exact) mass is 247 g/mol. The van der Waals surface area contributed by atoms with Crippen molar-refractivity contribution in [1.29, 1.82) is 0 Å². The maximum absolute atomic E-state index is 11.7. The molecule has 0 radical (unpaired) electrons. The topological polar surface area (TPSA) is 91.0 Å². The molecule has 0 unspecified atom stereocenters. The maximum atomic E-state index is 11.7. The summed E-state index contributed by atoms with van der Waals surface area (Å²) in [6.07, 6.45) is 0. The molecular weight excluding hydrogens is 230 g/mol. The van der Waals surface area contributed by atoms with Crippen LogP contribution in [0.3, 0.4) is 0 Å². The van der Waals surface area contributed by atoms with Gasteiger partial charge in [-0.15, -0.1) is 0 Å². The van der Waals surface area contributed by atoms with Crippen LogP contribution < -0.4 is 4.72 Å². The number of nitrogens with one attached hydrogen (secondary N) is 2. The molecule has 0 saturated carbocycles. The molecule has 0 aliphatic rings. The second-order valence-electron chi connectivity index (χ2n) is 3.87. The van der Waals surface area contributed by atoms with Crippen molar-refractivity contribution in [1.82, 2.24) is 24.2 Å². The molecule has 0 fully saturated rings. The molecule has 0 aromatic carbocycles. The molecular formula is C8H17N5O2S. The highest BCUT2D eigenvalue weighted by molar-refractivity contribution is 7.87. The third kappa shape index (κ3) is 3.54. The van der Waals surface area contributed by atoms with Crippen LogP contribution in [0.1, 0.15) is 25.5 Å². The number of rotatable bonds is 5. The first kappa shape index (κ1) is 13.1. The predicted octanol–water partition coefficient (Wildman–Crippen LogP) is -0.212. The third-order valence-electron chi connectivity index (χ3n) is 1.80. The van der Waals surface area contributed by atoms with Crippen LogP contribution in [0, 0.1) is 6.92 Å². The summed E-state index contributed by atoms with van der Waals surface area (Å²) in [6, 6.07) is -0.138. The van der Waals surface area contributed by atoms with Gasteiger partial charge in [-0.25, -0.2) is 4.98 Å². The van der Waals surface area contributed by atoms with Crippen LogP contribution in [-0.4, -0.2) is 41.0 Å². The molecule has 8 heteroatoms. The van der Waals surface area contributed by atoms with E-state index in [1.807, 2.05) is 0 Å². The lowest BCUT2D eigenvalue weighted by Crippen LogP contribution is -2.41. The summed E-state index contributed by atoms with van der Waals surface area (Å²) in [7, 11) is -1.98. The van der Waals surface area contributed by atoms with Crippen molar-refractivity contribution in [3.05, 3.63) is 11.6 Å². The van der Waals surface area contributed by atoms with Crippen molar-refractivity contribution < 1.29 is 8.42 Å². The lowest BCUT2D eigenvalue weighted by Gasteiger charge is -2.17. The van der Waals surface area contributed by atoms with E-state index in [1.165, 1.54) is 11.4 Å². The average Bonchev–Trinajstić information content (AvgIpc) is 2.48. The highest BCUT2D eigenvalue weighted by Crippen LogP contribution is 2.02. The Kier molecular flexibility index (Phi) is 4.00. The molecule has 0 bridgehead atoms. The third-order valence-corrected chi connectivity index (χ3v) is 3.52. The van der Waals surface area contributed by atoms with Gasteiger partial charge in [0.05, 0.1) is 6.54 Å². The van der Waals surface area contributed by atoms with Crippen LogP contribution in [0.2, 0.25) is 0 Å². The van der Waals surface area contributed by atoms with Gasteiger partial charge in [0.15, 0.2) is 5.82 Å². The molecule has 2 N–H and O–H groups in total. The number of nitrogens with zero attached hydrogens (tertiary/aromatic N) is 3. The van der Waals surface area contributed by atoms with Crippen LogP contribution in [0.4, 0.5) is 0 Å². The number of hydrogen-bond donors (Lipinski definition) is 2. The Morgan fingerprint density at radius 1 is 1.50 bits per heavy atom. The molecule has 92 valence electrons. The van der Waals surface area contributed by atoms with Gasteiger partial charge in [-0.1, -0.05) is 0 Å². The first-order valence-corrected chi connectivity index (χ1v) is 6.36. The van der Waals surface area contributed by atoms with Gasteiger partial charge < -0.3 is 0 Å². The molecule has 1 aromatic rings. The fraction of sp³-hybridized carbons (Fsp3) is 0.750. The SMILES string of the molecule is Cc1nc(CN(C)S(=O)(=O)NC(C)C)n[nH]1. The molecule has 1 rings (SSSR count). The molecule has 0 atom stereocenters. The zero-order valence-corrected chi connectivity index (χ0v) is 10.7. The van der Waals surface area contributed by atoms with E-state index in [9.17, 15) is 8.42 Å². The Hall–Kier alpha value is -0.990. The van der Waals surface area contributed by atoms with Crippen LogP contribution in [0.25, 0.3) is 0 Å². The van der Waals surface area contributed by atoms with E-state index in [1.54, 1.807) is 20.8 Å². The van der Waals surface area contributed by atoms with Gasteiger partial charge in [0.2, 0.25) is 0 Å². The lowest BCUT2D eigenvalue weighted by atomic mass is 10.4. The van der Waals surface area contributed by atoms with E-state index >= 15 is 0 Å². The van der Waals surface area contributed by atoms with Crippen molar-refractivity contribution in [3.8, 4) is 0 Å². The quantitative estimate of drug-likeness (QED) is 0.753. The summed E-state index contributed by atoms with van der Waals surface area (Å²) >= 11 is 0. The summed E-state index contributed by atoms with van der Waals surface area (Å²) in [5.74, 6) is 1.12. The highest BCUT2D eigenvalue weighted by Gasteiger charge is 2.19. The minimum Gasteiger partial charge on any atom is -0.263 e. The van der Waals surface area contributed by atoms with E-state index in [0.717, 1.165) is 0 Å². The summed E-state index contributed by atoms with van der Waals surface area (Å²) in [5.41, 5.74) is 0. The molecule has 0 aliphatic heterocycles. The number of aryl methyl sites for hydroxylation is 1. The number of aromatic nitrogens is 3. The highest BCUT2D eigenvalue weighted by atomic mass is 32.2. The van der Waals surface area contributed by atoms with Crippen LogP contribution >= 0.6 is 0 Å². The van der Waals surface area contributed by atoms with Gasteiger partial charge in [0, 0.05) is 13.1 Å². The van der Waals surface area contributed by atoms with Crippen molar-refractivity contribution in [2.75, 3.05) is 7.05 Å². The number of H-pyrrole nitrogens is 1. The second kappa shape index (κ2) is 4.89. The zero-order chi connectivity index (χ0) is 12.3. The average molecular weight is 247 g/mol. The Morgan fingerprint density at radius 2 is 2.12 bits per heavy atom. The minimum atomic E-state index is -3.46. The summed E-state index contributed by atoms with van der Waals surface area (Å²) < 4.78 is 27.1. The smallest absolute Gasteiger partial charge is 0.263 e. The van der Waals surface area contributed by atoms with E-state index < -0.39 is 10.2 Å². The minimum absolute atomic E-state index is 0.138. The summed E-state index contributed by atoms with van der Waals surface area (Å²) in [5, 5.41) is 6.54. The standard InChI is InChI=1S/C8H17N5O2S/c1-6(2)12-16(14,15)13(4)5-8-9-7(3)10-11-8/h6,12H,5H2,1-4H3,(H,9,10,11). The second-order valence-corrected chi connectivity index (χ2v) is 5.68. The first-order chi connectivity index (χ1) is 7.31. The van der Waals surface area contributed by atoms with Gasteiger partial charge in [-0.2, -0.15) is 22.5 Å². The molecule has 0 aliphatic carbocycles. The molecule has 0 saturated heterocycles. The molecule has 0 spiro atoms. The number of aromatic amines is 1. The zero-order valence-electron chi connectivity index (χ0n) is 9.85. The largest absolute Gasteiger partial charge is 0.279 e. The van der Waals surface area contributed by atoms with Crippen molar-refractivity contribution in [2.24, 2.45) is 0 Å². The van der Waals surface area contributed by atoms with Crippen molar-refractivity contribution >= 4 is 10.2 Å². The van der Waals surface area contributed by atoms with Gasteiger partial charge >= 0.3 is 0 Å². The molecule has 16 heavy (non-hydrogen) atoms. The van der Waals surface area contributed by atoms with Crippen LogP contribution in [0.15, 0.2) is 0 Å². The Labute approximate surface area is 95.4 Å². The first-order valence-electron chi connectivity index (χ1n) is 4.92. The van der Waals surface area contributed by atoms with Gasteiger partial charge in [0.1, 0.15) is 5.82 Å². The Bertz CT molecular complexity index is 439. The van der Waals surface area contributed by atoms with Crippen LogP contribution in [-0.2, 0) is 16.8 Å². The van der Waals surface area contributed by atoms with Crippen LogP contribution in [0.5, 0.6) is 0 Å². The van der Waals surface area contributed by atoms with Gasteiger partial charge in [-0.3, -0.25) is 5.10 Å². The van der Waals surface area contributed by atoms with E-state index in [4.69, 9.17) is 0 Å². The molecule has 7 nitrogen and oxygen atoms in total. The Morgan fingerprint density at radius 3 is 2.56 bits per heavy atom. The fourth-order valence-corrected chi connectivity index (χ4v) is 2.19.